The number of nitrogens with one attached hydrogen (secondary N) is 2. The van der Waals surface area contributed by atoms with Gasteiger partial charge in [0.05, 0.1) is 25.3 Å². The van der Waals surface area contributed by atoms with Crippen molar-refractivity contribution in [3.63, 3.8) is 0 Å². The molecule has 2 heterocycles. The van der Waals surface area contributed by atoms with Gasteiger partial charge in [0.1, 0.15) is 5.75 Å². The zero-order valence-corrected chi connectivity index (χ0v) is 20.0. The molecule has 0 bridgehead atoms. The van der Waals surface area contributed by atoms with Crippen LogP contribution in [0.5, 0.6) is 5.75 Å². The molecule has 1 saturated heterocycles. The molecule has 2 aliphatic rings. The lowest BCUT2D eigenvalue weighted by Crippen LogP contribution is -2.51. The number of hydrogen-bond donors (Lipinski definition) is 2. The maximum Gasteiger partial charge on any atom is 0.338 e. The molecule has 0 radical (unpaired) electrons. The van der Waals surface area contributed by atoms with Crippen LogP contribution in [-0.4, -0.2) is 63.3 Å². The number of nitrogens with zero attached hydrogens (tertiary/aromatic N) is 2. The maximum atomic E-state index is 13.0. The van der Waals surface area contributed by atoms with Crippen LogP contribution in [0.3, 0.4) is 0 Å². The molecule has 2 aromatic rings. The standard InChI is InChI=1S/C26H32N4O4/c1-4-34-25(31)23-22(27-26(32)28-24(23)19-10-8-18(2)9-11-19)17-29-12-14-30(15-13-29)20-6-5-7-21(16-20)33-3/h5-11,16,24H,4,12-15,17H2,1-3H3,(H2,27,28,32). The summed E-state index contributed by atoms with van der Waals surface area (Å²) in [6.45, 7) is 7.80. The Bertz CT molecular complexity index is 1060. The zero-order chi connectivity index (χ0) is 24.1. The van der Waals surface area contributed by atoms with Crippen LogP contribution in [0.2, 0.25) is 0 Å². The number of hydrogen-bond acceptors (Lipinski definition) is 6. The lowest BCUT2D eigenvalue weighted by molar-refractivity contribution is -0.139. The van der Waals surface area contributed by atoms with Crippen LogP contribution in [0.1, 0.15) is 24.1 Å². The van der Waals surface area contributed by atoms with E-state index in [9.17, 15) is 9.59 Å². The van der Waals surface area contributed by atoms with Crippen LogP contribution < -0.4 is 20.3 Å². The number of methoxy groups -OCH3 is 1. The van der Waals surface area contributed by atoms with E-state index in [1.54, 1.807) is 14.0 Å². The third kappa shape index (κ3) is 5.34. The minimum Gasteiger partial charge on any atom is -0.497 e. The van der Waals surface area contributed by atoms with E-state index in [4.69, 9.17) is 9.47 Å². The van der Waals surface area contributed by atoms with E-state index < -0.39 is 12.0 Å². The Kier molecular flexibility index (Phi) is 7.37. The largest absolute Gasteiger partial charge is 0.497 e. The van der Waals surface area contributed by atoms with E-state index in [-0.39, 0.29) is 12.6 Å². The molecular formula is C26H32N4O4. The van der Waals surface area contributed by atoms with E-state index >= 15 is 0 Å². The van der Waals surface area contributed by atoms with Crippen LogP contribution in [-0.2, 0) is 9.53 Å². The number of anilines is 1. The monoisotopic (exact) mass is 464 g/mol. The Balaban J connectivity index is 1.54. The first-order valence-corrected chi connectivity index (χ1v) is 11.6. The second-order valence-electron chi connectivity index (χ2n) is 8.52. The van der Waals surface area contributed by atoms with Crippen LogP contribution in [0.4, 0.5) is 10.5 Å². The summed E-state index contributed by atoms with van der Waals surface area (Å²) in [5, 5.41) is 5.78. The second-order valence-corrected chi connectivity index (χ2v) is 8.52. The number of amides is 2. The van der Waals surface area contributed by atoms with Crippen molar-refractivity contribution < 1.29 is 19.1 Å². The van der Waals surface area contributed by atoms with Gasteiger partial charge in [-0.3, -0.25) is 4.90 Å². The Morgan fingerprint density at radius 1 is 1.09 bits per heavy atom. The smallest absolute Gasteiger partial charge is 0.338 e. The molecule has 180 valence electrons. The number of rotatable bonds is 7. The molecule has 8 nitrogen and oxygen atoms in total. The van der Waals surface area contributed by atoms with E-state index in [1.807, 2.05) is 49.4 Å². The summed E-state index contributed by atoms with van der Waals surface area (Å²) in [4.78, 5) is 30.1. The van der Waals surface area contributed by atoms with Crippen molar-refractivity contribution in [3.05, 3.63) is 70.9 Å². The summed E-state index contributed by atoms with van der Waals surface area (Å²) in [5.74, 6) is 0.425. The predicted molar refractivity (Wildman–Crippen MR) is 131 cm³/mol. The minimum absolute atomic E-state index is 0.267. The zero-order valence-electron chi connectivity index (χ0n) is 20.0. The number of urea groups is 1. The molecular weight excluding hydrogens is 432 g/mol. The van der Waals surface area contributed by atoms with Gasteiger partial charge >= 0.3 is 12.0 Å². The lowest BCUT2D eigenvalue weighted by atomic mass is 9.94. The van der Waals surface area contributed by atoms with Gasteiger partial charge in [0, 0.05) is 50.2 Å². The summed E-state index contributed by atoms with van der Waals surface area (Å²) in [7, 11) is 1.67. The Hall–Kier alpha value is -3.52. The summed E-state index contributed by atoms with van der Waals surface area (Å²) < 4.78 is 10.7. The fraction of sp³-hybridized carbons (Fsp3) is 0.385. The van der Waals surface area contributed by atoms with Gasteiger partial charge in [-0.15, -0.1) is 0 Å². The molecule has 0 aromatic heterocycles. The molecule has 2 amide bonds. The summed E-state index contributed by atoms with van der Waals surface area (Å²) in [6, 6.07) is 15.0. The summed E-state index contributed by atoms with van der Waals surface area (Å²) in [6.07, 6.45) is 0. The number of piperazine rings is 1. The summed E-state index contributed by atoms with van der Waals surface area (Å²) in [5.41, 5.74) is 4.15. The Labute approximate surface area is 200 Å². The number of benzene rings is 2. The highest BCUT2D eigenvalue weighted by atomic mass is 16.5. The average Bonchev–Trinajstić information content (AvgIpc) is 2.85. The fourth-order valence-electron chi connectivity index (χ4n) is 4.40. The van der Waals surface area contributed by atoms with Gasteiger partial charge in [0.25, 0.3) is 0 Å². The van der Waals surface area contributed by atoms with Gasteiger partial charge in [-0.2, -0.15) is 0 Å². The minimum atomic E-state index is -0.554. The number of ether oxygens (including phenoxy) is 2. The van der Waals surface area contributed by atoms with Crippen molar-refractivity contribution in [2.24, 2.45) is 0 Å². The number of carbonyl (C=O) groups excluding carboxylic acids is 2. The maximum absolute atomic E-state index is 13.0. The Morgan fingerprint density at radius 2 is 1.82 bits per heavy atom. The Morgan fingerprint density at radius 3 is 2.50 bits per heavy atom. The molecule has 1 fully saturated rings. The molecule has 0 aliphatic carbocycles. The molecule has 2 N–H and O–H groups in total. The molecule has 2 aromatic carbocycles. The van der Waals surface area contributed by atoms with Gasteiger partial charge in [0.15, 0.2) is 0 Å². The molecule has 0 saturated carbocycles. The number of carbonyl (C=O) groups is 2. The summed E-state index contributed by atoms with van der Waals surface area (Å²) >= 11 is 0. The van der Waals surface area contributed by atoms with Gasteiger partial charge < -0.3 is 25.0 Å². The van der Waals surface area contributed by atoms with Gasteiger partial charge in [-0.1, -0.05) is 35.9 Å². The molecule has 4 rings (SSSR count). The molecule has 0 spiro atoms. The third-order valence-electron chi connectivity index (χ3n) is 6.23. The quantitative estimate of drug-likeness (QED) is 0.613. The van der Waals surface area contributed by atoms with Crippen LogP contribution in [0.15, 0.2) is 59.8 Å². The van der Waals surface area contributed by atoms with Crippen LogP contribution >= 0.6 is 0 Å². The number of aryl methyl sites for hydroxylation is 1. The average molecular weight is 465 g/mol. The highest BCUT2D eigenvalue weighted by Crippen LogP contribution is 2.29. The second kappa shape index (κ2) is 10.6. The molecule has 1 unspecified atom stereocenters. The van der Waals surface area contributed by atoms with Crippen molar-refractivity contribution in [2.75, 3.05) is 51.3 Å². The van der Waals surface area contributed by atoms with E-state index in [2.05, 4.69) is 26.5 Å². The fourth-order valence-corrected chi connectivity index (χ4v) is 4.40. The predicted octanol–water partition coefficient (Wildman–Crippen LogP) is 3.00. The van der Waals surface area contributed by atoms with Gasteiger partial charge in [0.2, 0.25) is 0 Å². The van der Waals surface area contributed by atoms with E-state index in [0.29, 0.717) is 17.8 Å². The first-order chi connectivity index (χ1) is 16.5. The van der Waals surface area contributed by atoms with Crippen LogP contribution in [0, 0.1) is 6.92 Å². The van der Waals surface area contributed by atoms with Gasteiger partial charge in [-0.05, 0) is 31.5 Å². The van der Waals surface area contributed by atoms with Crippen molar-refractivity contribution in [3.8, 4) is 5.75 Å². The first-order valence-electron chi connectivity index (χ1n) is 11.6. The van der Waals surface area contributed by atoms with E-state index in [0.717, 1.165) is 48.7 Å². The van der Waals surface area contributed by atoms with Crippen molar-refractivity contribution in [1.82, 2.24) is 15.5 Å². The van der Waals surface area contributed by atoms with Crippen molar-refractivity contribution in [2.45, 2.75) is 19.9 Å². The molecule has 8 heteroatoms. The topological polar surface area (TPSA) is 83.1 Å². The SMILES string of the molecule is CCOC(=O)C1=C(CN2CCN(c3cccc(OC)c3)CC2)NC(=O)NC1c1ccc(C)cc1. The van der Waals surface area contributed by atoms with E-state index in [1.165, 1.54) is 0 Å². The third-order valence-corrected chi connectivity index (χ3v) is 6.23. The van der Waals surface area contributed by atoms with Crippen molar-refractivity contribution in [1.29, 1.82) is 0 Å². The van der Waals surface area contributed by atoms with Crippen LogP contribution in [0.25, 0.3) is 0 Å². The number of esters is 1. The highest BCUT2D eigenvalue weighted by molar-refractivity contribution is 5.95. The normalized spacial score (nSPS) is 18.9. The highest BCUT2D eigenvalue weighted by Gasteiger charge is 2.34. The lowest BCUT2D eigenvalue weighted by Gasteiger charge is -2.38. The van der Waals surface area contributed by atoms with Crippen molar-refractivity contribution >= 4 is 17.7 Å². The molecule has 1 atom stereocenters. The molecule has 2 aliphatic heterocycles. The van der Waals surface area contributed by atoms with Gasteiger partial charge in [-0.25, -0.2) is 9.59 Å². The molecule has 34 heavy (non-hydrogen) atoms. The first kappa shape index (κ1) is 23.6.